The van der Waals surface area contributed by atoms with E-state index in [-0.39, 0.29) is 5.75 Å². The first-order valence-corrected chi connectivity index (χ1v) is 8.76. The summed E-state index contributed by atoms with van der Waals surface area (Å²) in [5, 5.41) is 11.0. The number of hydrogen-bond donors (Lipinski definition) is 1. The van der Waals surface area contributed by atoms with Crippen LogP contribution in [0.5, 0.6) is 23.0 Å². The zero-order valence-electron chi connectivity index (χ0n) is 16.0. The van der Waals surface area contributed by atoms with Gasteiger partial charge in [0.25, 0.3) is 0 Å². The van der Waals surface area contributed by atoms with E-state index in [0.29, 0.717) is 17.7 Å². The lowest BCUT2D eigenvalue weighted by molar-refractivity contribution is 0.370. The highest BCUT2D eigenvalue weighted by molar-refractivity contribution is 5.90. The van der Waals surface area contributed by atoms with Gasteiger partial charge in [-0.15, -0.1) is 0 Å². The molecule has 0 aliphatic rings. The summed E-state index contributed by atoms with van der Waals surface area (Å²) in [5.74, 6) is 2.10. The van der Waals surface area contributed by atoms with Gasteiger partial charge in [-0.2, -0.15) is 0 Å². The minimum absolute atomic E-state index is 0.115. The van der Waals surface area contributed by atoms with Gasteiger partial charge in [0.15, 0.2) is 11.5 Å². The smallest absolute Gasteiger partial charge is 0.166 e. The van der Waals surface area contributed by atoms with E-state index in [4.69, 9.17) is 14.2 Å². The van der Waals surface area contributed by atoms with Crippen molar-refractivity contribution < 1.29 is 19.3 Å². The Balaban J connectivity index is 2.26. The normalized spacial score (nSPS) is 10.5. The number of phenolic OH excluding ortho intramolecular Hbond substituents is 1. The fraction of sp³-hybridized carbons (Fsp3) is 0.217. The van der Waals surface area contributed by atoms with Crippen LogP contribution in [0.1, 0.15) is 12.5 Å². The first kappa shape index (κ1) is 18.6. The van der Waals surface area contributed by atoms with E-state index in [9.17, 15) is 5.11 Å². The van der Waals surface area contributed by atoms with Crippen molar-refractivity contribution in [1.82, 2.24) is 0 Å². The van der Waals surface area contributed by atoms with Crippen LogP contribution in [-0.2, 0) is 6.42 Å². The van der Waals surface area contributed by atoms with Gasteiger partial charge in [-0.05, 0) is 47.9 Å². The highest BCUT2D eigenvalue weighted by atomic mass is 16.5. The molecule has 1 N–H and O–H groups in total. The number of aryl methyl sites for hydroxylation is 1. The third kappa shape index (κ3) is 3.56. The molecule has 0 spiro atoms. The Morgan fingerprint density at radius 2 is 1.30 bits per heavy atom. The molecule has 0 bridgehead atoms. The van der Waals surface area contributed by atoms with Crippen molar-refractivity contribution >= 4 is 0 Å². The highest BCUT2D eigenvalue weighted by Crippen LogP contribution is 2.46. The number of rotatable bonds is 6. The van der Waals surface area contributed by atoms with Gasteiger partial charge < -0.3 is 19.3 Å². The van der Waals surface area contributed by atoms with Gasteiger partial charge in [0.1, 0.15) is 11.5 Å². The lowest BCUT2D eigenvalue weighted by Crippen LogP contribution is -1.97. The Morgan fingerprint density at radius 3 is 1.74 bits per heavy atom. The standard InChI is InChI=1S/C23H23O4/c1-5-15-14-20(16-6-10-18(25-2)11-7-16)21(22(24)23(15)27-4)17-8-12-19(26-3)13-9-17/h6-13,24H,5H2,1-4H3. The minimum atomic E-state index is 0.115. The molecule has 3 aromatic carbocycles. The van der Waals surface area contributed by atoms with Crippen molar-refractivity contribution in [3.63, 3.8) is 0 Å². The third-order valence-electron chi connectivity index (χ3n) is 4.57. The van der Waals surface area contributed by atoms with Crippen LogP contribution in [0.15, 0.2) is 48.5 Å². The molecule has 27 heavy (non-hydrogen) atoms. The maximum Gasteiger partial charge on any atom is 0.166 e. The predicted molar refractivity (Wildman–Crippen MR) is 107 cm³/mol. The van der Waals surface area contributed by atoms with Crippen molar-refractivity contribution in [1.29, 1.82) is 0 Å². The van der Waals surface area contributed by atoms with Crippen LogP contribution in [0.25, 0.3) is 22.3 Å². The monoisotopic (exact) mass is 363 g/mol. The molecule has 0 aliphatic carbocycles. The molecule has 0 aliphatic heterocycles. The Hall–Kier alpha value is -3.14. The van der Waals surface area contributed by atoms with Gasteiger partial charge in [0.2, 0.25) is 0 Å². The first-order chi connectivity index (χ1) is 13.1. The summed E-state index contributed by atoms with van der Waals surface area (Å²) in [6, 6.07) is 18.7. The molecule has 0 saturated carbocycles. The topological polar surface area (TPSA) is 47.9 Å². The fourth-order valence-electron chi connectivity index (χ4n) is 3.13. The number of benzene rings is 3. The van der Waals surface area contributed by atoms with Crippen LogP contribution in [-0.4, -0.2) is 26.4 Å². The van der Waals surface area contributed by atoms with Crippen molar-refractivity contribution in [2.24, 2.45) is 0 Å². The van der Waals surface area contributed by atoms with Crippen molar-refractivity contribution in [2.45, 2.75) is 13.3 Å². The summed E-state index contributed by atoms with van der Waals surface area (Å²) in [7, 11) is 4.83. The fourth-order valence-corrected chi connectivity index (χ4v) is 3.13. The Kier molecular flexibility index (Phi) is 5.55. The van der Waals surface area contributed by atoms with E-state index in [1.54, 1.807) is 21.3 Å². The molecule has 0 amide bonds. The van der Waals surface area contributed by atoms with E-state index < -0.39 is 0 Å². The number of phenols is 1. The van der Waals surface area contributed by atoms with E-state index in [1.165, 1.54) is 0 Å². The molecule has 0 atom stereocenters. The number of hydrogen-bond acceptors (Lipinski definition) is 4. The molecule has 1 radical (unpaired) electrons. The third-order valence-corrected chi connectivity index (χ3v) is 4.57. The van der Waals surface area contributed by atoms with Crippen LogP contribution >= 0.6 is 0 Å². The zero-order valence-corrected chi connectivity index (χ0v) is 16.0. The lowest BCUT2D eigenvalue weighted by atomic mass is 9.90. The van der Waals surface area contributed by atoms with Crippen LogP contribution in [0.4, 0.5) is 0 Å². The zero-order chi connectivity index (χ0) is 19.4. The second kappa shape index (κ2) is 8.04. The van der Waals surface area contributed by atoms with Crippen molar-refractivity contribution in [3.8, 4) is 45.3 Å². The Morgan fingerprint density at radius 1 is 0.778 bits per heavy atom. The summed E-state index contributed by atoms with van der Waals surface area (Å²) in [5.41, 5.74) is 4.12. The second-order valence-corrected chi connectivity index (χ2v) is 6.05. The lowest BCUT2D eigenvalue weighted by Gasteiger charge is -2.18. The van der Waals surface area contributed by atoms with Crippen molar-refractivity contribution in [3.05, 3.63) is 60.2 Å². The number of ether oxygens (including phenoxy) is 3. The molecule has 3 rings (SSSR count). The minimum Gasteiger partial charge on any atom is -0.504 e. The maximum absolute atomic E-state index is 11.0. The summed E-state index contributed by atoms with van der Waals surface area (Å²) < 4.78 is 16.0. The number of aromatic hydroxyl groups is 1. The summed E-state index contributed by atoms with van der Waals surface area (Å²) in [4.78, 5) is 0. The van der Waals surface area contributed by atoms with Gasteiger partial charge in [0, 0.05) is 16.7 Å². The molecule has 0 heterocycles. The van der Waals surface area contributed by atoms with E-state index in [1.807, 2.05) is 55.5 Å². The molecule has 4 nitrogen and oxygen atoms in total. The van der Waals surface area contributed by atoms with E-state index in [2.05, 4.69) is 6.07 Å². The largest absolute Gasteiger partial charge is 0.504 e. The molecular formula is C23H23O4. The van der Waals surface area contributed by atoms with Gasteiger partial charge in [0.05, 0.1) is 21.3 Å². The second-order valence-electron chi connectivity index (χ2n) is 6.05. The average molecular weight is 363 g/mol. The summed E-state index contributed by atoms with van der Waals surface area (Å²) in [6.07, 6.45) is 0.697. The molecule has 0 unspecified atom stereocenters. The summed E-state index contributed by atoms with van der Waals surface area (Å²) in [6.45, 7) is 2.01. The molecule has 3 aromatic rings. The van der Waals surface area contributed by atoms with E-state index in [0.717, 1.165) is 33.8 Å². The van der Waals surface area contributed by atoms with Gasteiger partial charge in [-0.1, -0.05) is 31.2 Å². The van der Waals surface area contributed by atoms with E-state index >= 15 is 0 Å². The quantitative estimate of drug-likeness (QED) is 0.661. The number of methoxy groups -OCH3 is 3. The van der Waals surface area contributed by atoms with Crippen LogP contribution < -0.4 is 14.2 Å². The molecule has 0 aromatic heterocycles. The highest BCUT2D eigenvalue weighted by Gasteiger charge is 2.20. The molecular weight excluding hydrogens is 340 g/mol. The molecule has 139 valence electrons. The van der Waals surface area contributed by atoms with Gasteiger partial charge in [-0.3, -0.25) is 0 Å². The first-order valence-electron chi connectivity index (χ1n) is 8.76. The molecule has 4 heteroatoms. The van der Waals surface area contributed by atoms with Gasteiger partial charge >= 0.3 is 0 Å². The average Bonchev–Trinajstić information content (AvgIpc) is 2.73. The van der Waals surface area contributed by atoms with Crippen LogP contribution in [0.3, 0.4) is 0 Å². The summed E-state index contributed by atoms with van der Waals surface area (Å²) >= 11 is 0. The Bertz CT molecular complexity index is 913. The maximum atomic E-state index is 11.0. The Labute approximate surface area is 160 Å². The van der Waals surface area contributed by atoms with Crippen molar-refractivity contribution in [2.75, 3.05) is 21.3 Å². The van der Waals surface area contributed by atoms with Crippen LogP contribution in [0.2, 0.25) is 0 Å². The SMILES string of the molecule is CCc1[c]c(-c2ccc(OC)cc2)c(-c2ccc(OC)cc2)c(O)c1OC. The molecule has 0 saturated heterocycles. The van der Waals surface area contributed by atoms with Crippen LogP contribution in [0, 0.1) is 6.07 Å². The van der Waals surface area contributed by atoms with Gasteiger partial charge in [-0.25, -0.2) is 0 Å². The predicted octanol–water partition coefficient (Wildman–Crippen LogP) is 5.11. The molecule has 0 fully saturated rings.